The second kappa shape index (κ2) is 8.33. The van der Waals surface area contributed by atoms with Crippen LogP contribution < -0.4 is 15.4 Å². The van der Waals surface area contributed by atoms with Gasteiger partial charge in [0.15, 0.2) is 5.96 Å². The van der Waals surface area contributed by atoms with Gasteiger partial charge in [-0.25, -0.2) is 9.98 Å². The molecular formula is C13H22N4O. The molecule has 0 aliphatic carbocycles. The lowest BCUT2D eigenvalue weighted by Gasteiger charge is -2.10. The Morgan fingerprint density at radius 1 is 1.39 bits per heavy atom. The van der Waals surface area contributed by atoms with Crippen LogP contribution in [0.15, 0.2) is 23.3 Å². The third kappa shape index (κ3) is 4.61. The van der Waals surface area contributed by atoms with Gasteiger partial charge in [0.05, 0.1) is 13.7 Å². The van der Waals surface area contributed by atoms with E-state index in [1.807, 2.05) is 19.1 Å². The highest BCUT2D eigenvalue weighted by Gasteiger charge is 2.02. The molecule has 0 radical (unpaired) electrons. The summed E-state index contributed by atoms with van der Waals surface area (Å²) in [6.07, 6.45) is 2.78. The molecule has 0 saturated carbocycles. The highest BCUT2D eigenvalue weighted by atomic mass is 16.5. The minimum Gasteiger partial charge on any atom is -0.481 e. The van der Waals surface area contributed by atoms with Crippen molar-refractivity contribution < 1.29 is 4.74 Å². The van der Waals surface area contributed by atoms with E-state index in [0.29, 0.717) is 12.4 Å². The summed E-state index contributed by atoms with van der Waals surface area (Å²) in [7, 11) is 1.62. The lowest BCUT2D eigenvalue weighted by Crippen LogP contribution is -2.37. The van der Waals surface area contributed by atoms with Gasteiger partial charge in [-0.1, -0.05) is 13.0 Å². The predicted molar refractivity (Wildman–Crippen MR) is 73.9 cm³/mol. The van der Waals surface area contributed by atoms with Crippen LogP contribution >= 0.6 is 0 Å². The first-order valence-corrected chi connectivity index (χ1v) is 6.31. The van der Waals surface area contributed by atoms with Gasteiger partial charge < -0.3 is 15.4 Å². The van der Waals surface area contributed by atoms with Crippen molar-refractivity contribution in [2.24, 2.45) is 4.99 Å². The van der Waals surface area contributed by atoms with Crippen LogP contribution in [0.4, 0.5) is 0 Å². The smallest absolute Gasteiger partial charge is 0.218 e. The third-order valence-corrected chi connectivity index (χ3v) is 2.34. The van der Waals surface area contributed by atoms with E-state index >= 15 is 0 Å². The molecule has 0 fully saturated rings. The van der Waals surface area contributed by atoms with Gasteiger partial charge in [0.25, 0.3) is 0 Å². The maximum atomic E-state index is 5.20. The van der Waals surface area contributed by atoms with E-state index in [-0.39, 0.29) is 0 Å². The summed E-state index contributed by atoms with van der Waals surface area (Å²) in [6.45, 7) is 6.49. The molecule has 18 heavy (non-hydrogen) atoms. The maximum Gasteiger partial charge on any atom is 0.218 e. The molecule has 0 spiro atoms. The van der Waals surface area contributed by atoms with E-state index < -0.39 is 0 Å². The molecule has 1 rings (SSSR count). The zero-order valence-corrected chi connectivity index (χ0v) is 11.4. The first-order chi connectivity index (χ1) is 8.81. The molecule has 5 heteroatoms. The molecule has 0 amide bonds. The van der Waals surface area contributed by atoms with Crippen LogP contribution in [-0.4, -0.2) is 31.1 Å². The Morgan fingerprint density at radius 3 is 2.89 bits per heavy atom. The van der Waals surface area contributed by atoms with Crippen molar-refractivity contribution in [2.45, 2.75) is 26.8 Å². The molecule has 0 unspecified atom stereocenters. The standard InChI is InChI=1S/C13H22N4O/c1-4-8-16-13(14-5-2)17-10-11-7-6-9-15-12(11)18-3/h6-7,9H,4-5,8,10H2,1-3H3,(H2,14,16,17). The lowest BCUT2D eigenvalue weighted by atomic mass is 10.3. The SMILES string of the molecule is CCCNC(=NCc1cccnc1OC)NCC. The highest BCUT2D eigenvalue weighted by molar-refractivity contribution is 5.79. The number of hydrogen-bond acceptors (Lipinski definition) is 3. The van der Waals surface area contributed by atoms with Crippen molar-refractivity contribution in [1.29, 1.82) is 0 Å². The highest BCUT2D eigenvalue weighted by Crippen LogP contribution is 2.14. The number of ether oxygens (including phenoxy) is 1. The Hall–Kier alpha value is -1.78. The Morgan fingerprint density at radius 2 is 2.22 bits per heavy atom. The number of rotatable bonds is 6. The van der Waals surface area contributed by atoms with Crippen LogP contribution in [0.2, 0.25) is 0 Å². The van der Waals surface area contributed by atoms with E-state index in [2.05, 4.69) is 27.5 Å². The van der Waals surface area contributed by atoms with Crippen molar-refractivity contribution in [2.75, 3.05) is 20.2 Å². The number of nitrogens with zero attached hydrogens (tertiary/aromatic N) is 2. The number of hydrogen-bond donors (Lipinski definition) is 2. The first kappa shape index (κ1) is 14.3. The summed E-state index contributed by atoms with van der Waals surface area (Å²) in [6, 6.07) is 3.86. The van der Waals surface area contributed by atoms with Gasteiger partial charge in [0.1, 0.15) is 0 Å². The third-order valence-electron chi connectivity index (χ3n) is 2.34. The zero-order chi connectivity index (χ0) is 13.2. The van der Waals surface area contributed by atoms with E-state index in [9.17, 15) is 0 Å². The molecule has 0 aliphatic heterocycles. The van der Waals surface area contributed by atoms with Crippen molar-refractivity contribution in [1.82, 2.24) is 15.6 Å². The number of nitrogens with one attached hydrogen (secondary N) is 2. The average molecular weight is 250 g/mol. The van der Waals surface area contributed by atoms with Crippen LogP contribution in [0.1, 0.15) is 25.8 Å². The summed E-state index contributed by atoms with van der Waals surface area (Å²) in [5, 5.41) is 6.46. The monoisotopic (exact) mass is 250 g/mol. The van der Waals surface area contributed by atoms with Crippen molar-refractivity contribution >= 4 is 5.96 Å². The summed E-state index contributed by atoms with van der Waals surface area (Å²) >= 11 is 0. The topological polar surface area (TPSA) is 58.5 Å². The molecule has 1 aromatic rings. The van der Waals surface area contributed by atoms with E-state index in [1.54, 1.807) is 13.3 Å². The molecule has 100 valence electrons. The molecular weight excluding hydrogens is 228 g/mol. The van der Waals surface area contributed by atoms with Crippen LogP contribution in [0, 0.1) is 0 Å². The fourth-order valence-corrected chi connectivity index (χ4v) is 1.48. The van der Waals surface area contributed by atoms with E-state index in [4.69, 9.17) is 4.74 Å². The summed E-state index contributed by atoms with van der Waals surface area (Å²) in [5.41, 5.74) is 0.980. The minimum absolute atomic E-state index is 0.552. The van der Waals surface area contributed by atoms with Gasteiger partial charge in [-0.3, -0.25) is 0 Å². The number of guanidine groups is 1. The van der Waals surface area contributed by atoms with E-state index in [1.165, 1.54) is 0 Å². The molecule has 0 aliphatic rings. The summed E-state index contributed by atoms with van der Waals surface area (Å²) in [5.74, 6) is 1.46. The van der Waals surface area contributed by atoms with Gasteiger partial charge in [0, 0.05) is 24.8 Å². The quantitative estimate of drug-likeness (QED) is 0.594. The molecule has 0 bridgehead atoms. The van der Waals surface area contributed by atoms with Gasteiger partial charge >= 0.3 is 0 Å². The Balaban J connectivity index is 2.68. The number of pyridine rings is 1. The Bertz CT molecular complexity index is 379. The largest absolute Gasteiger partial charge is 0.481 e. The van der Waals surface area contributed by atoms with Crippen LogP contribution in [-0.2, 0) is 6.54 Å². The first-order valence-electron chi connectivity index (χ1n) is 6.31. The van der Waals surface area contributed by atoms with Crippen LogP contribution in [0.5, 0.6) is 5.88 Å². The Labute approximate surface area is 109 Å². The molecule has 0 aromatic carbocycles. The zero-order valence-electron chi connectivity index (χ0n) is 11.4. The van der Waals surface area contributed by atoms with Gasteiger partial charge in [0.2, 0.25) is 5.88 Å². The van der Waals surface area contributed by atoms with Gasteiger partial charge in [-0.2, -0.15) is 0 Å². The lowest BCUT2D eigenvalue weighted by molar-refractivity contribution is 0.392. The summed E-state index contributed by atoms with van der Waals surface area (Å²) in [4.78, 5) is 8.66. The Kier molecular flexibility index (Phi) is 6.61. The van der Waals surface area contributed by atoms with Gasteiger partial charge in [-0.05, 0) is 19.4 Å². The summed E-state index contributed by atoms with van der Waals surface area (Å²) < 4.78 is 5.20. The molecule has 0 atom stereocenters. The molecule has 0 saturated heterocycles. The fourth-order valence-electron chi connectivity index (χ4n) is 1.48. The second-order valence-electron chi connectivity index (χ2n) is 3.79. The maximum absolute atomic E-state index is 5.20. The van der Waals surface area contributed by atoms with Gasteiger partial charge in [-0.15, -0.1) is 0 Å². The van der Waals surface area contributed by atoms with Crippen molar-refractivity contribution in [3.63, 3.8) is 0 Å². The minimum atomic E-state index is 0.552. The second-order valence-corrected chi connectivity index (χ2v) is 3.79. The predicted octanol–water partition coefficient (Wildman–Crippen LogP) is 1.56. The molecule has 1 heterocycles. The van der Waals surface area contributed by atoms with E-state index in [0.717, 1.165) is 31.0 Å². The van der Waals surface area contributed by atoms with Crippen LogP contribution in [0.25, 0.3) is 0 Å². The van der Waals surface area contributed by atoms with Crippen molar-refractivity contribution in [3.05, 3.63) is 23.9 Å². The molecule has 2 N–H and O–H groups in total. The van der Waals surface area contributed by atoms with Crippen LogP contribution in [0.3, 0.4) is 0 Å². The normalized spacial score (nSPS) is 11.2. The average Bonchev–Trinajstić information content (AvgIpc) is 2.42. The number of aromatic nitrogens is 1. The fraction of sp³-hybridized carbons (Fsp3) is 0.538. The molecule has 5 nitrogen and oxygen atoms in total. The van der Waals surface area contributed by atoms with Crippen molar-refractivity contribution in [3.8, 4) is 5.88 Å². The number of methoxy groups -OCH3 is 1. The molecule has 1 aromatic heterocycles. The number of aliphatic imine (C=N–C) groups is 1.